The highest BCUT2D eigenvalue weighted by atomic mass is 16.6. The Morgan fingerprint density at radius 2 is 0.506 bits per heavy atom. The molecule has 0 rings (SSSR count). The van der Waals surface area contributed by atoms with Crippen LogP contribution >= 0.6 is 0 Å². The van der Waals surface area contributed by atoms with Crippen LogP contribution < -0.4 is 0 Å². The summed E-state index contributed by atoms with van der Waals surface area (Å²) in [6.45, 7) is 4.07. The number of ether oxygens (including phenoxy) is 2. The van der Waals surface area contributed by atoms with Crippen molar-refractivity contribution in [3.63, 3.8) is 0 Å². The third-order valence-electron chi connectivity index (χ3n) is 16.6. The minimum absolute atomic E-state index is 0.0656. The lowest BCUT2D eigenvalue weighted by molar-refractivity contribution is -0.161. The third kappa shape index (κ3) is 73.2. The lowest BCUT2D eigenvalue weighted by Crippen LogP contribution is -2.28. The molecule has 0 aliphatic carbocycles. The van der Waals surface area contributed by atoms with Gasteiger partial charge in [0, 0.05) is 12.8 Å². The minimum Gasteiger partial charge on any atom is -0.462 e. The van der Waals surface area contributed by atoms with Crippen molar-refractivity contribution < 1.29 is 24.2 Å². The number of carbonyl (C=O) groups excluding carboxylic acids is 2. The molecule has 0 aromatic carbocycles. The van der Waals surface area contributed by atoms with Gasteiger partial charge in [-0.2, -0.15) is 0 Å². The molecule has 0 saturated carbocycles. The van der Waals surface area contributed by atoms with E-state index >= 15 is 0 Å². The third-order valence-corrected chi connectivity index (χ3v) is 16.6. The average Bonchev–Trinajstić information content (AvgIpc) is 3.52. The molecule has 0 radical (unpaired) electrons. The van der Waals surface area contributed by atoms with E-state index in [1.165, 1.54) is 263 Å². The summed E-state index contributed by atoms with van der Waals surface area (Å²) in [4.78, 5) is 24.7. The first-order chi connectivity index (χ1) is 42.1. The smallest absolute Gasteiger partial charge is 0.306 e. The Morgan fingerprint density at radius 3 is 0.765 bits per heavy atom. The summed E-state index contributed by atoms with van der Waals surface area (Å²) in [5, 5.41) is 9.72. The van der Waals surface area contributed by atoms with Crippen LogP contribution in [0.1, 0.15) is 380 Å². The fourth-order valence-electron chi connectivity index (χ4n) is 11.1. The largest absolute Gasteiger partial charge is 0.462 e. The highest BCUT2D eigenvalue weighted by molar-refractivity contribution is 5.70. The molecule has 5 heteroatoms. The first kappa shape index (κ1) is 81.8. The molecule has 0 fully saturated rings. The molecule has 85 heavy (non-hydrogen) atoms. The number of esters is 2. The van der Waals surface area contributed by atoms with E-state index in [9.17, 15) is 14.7 Å². The van der Waals surface area contributed by atoms with Gasteiger partial charge in [-0.25, -0.2) is 0 Å². The van der Waals surface area contributed by atoms with Crippen molar-refractivity contribution in [1.82, 2.24) is 0 Å². The van der Waals surface area contributed by atoms with Gasteiger partial charge in [0.15, 0.2) is 6.10 Å². The second kappa shape index (κ2) is 75.1. The molecular formula is C80H142O5. The molecule has 0 aromatic heterocycles. The van der Waals surface area contributed by atoms with Crippen LogP contribution in [0, 0.1) is 0 Å². The predicted octanol–water partition coefficient (Wildman–Crippen LogP) is 26.2. The van der Waals surface area contributed by atoms with Crippen LogP contribution in [-0.4, -0.2) is 36.4 Å². The van der Waals surface area contributed by atoms with Crippen LogP contribution in [0.3, 0.4) is 0 Å². The van der Waals surface area contributed by atoms with Crippen molar-refractivity contribution in [1.29, 1.82) is 0 Å². The first-order valence-electron chi connectivity index (χ1n) is 37.3. The number of aliphatic hydroxyl groups is 1. The molecule has 492 valence electrons. The number of rotatable bonds is 69. The van der Waals surface area contributed by atoms with E-state index in [0.717, 1.165) is 89.9 Å². The fraction of sp³-hybridized carbons (Fsp3) is 0.775. The van der Waals surface area contributed by atoms with Gasteiger partial charge in [-0.1, -0.05) is 387 Å². The zero-order valence-electron chi connectivity index (χ0n) is 56.6. The molecule has 0 spiro atoms. The molecule has 1 N–H and O–H groups in total. The first-order valence-corrected chi connectivity index (χ1v) is 37.3. The lowest BCUT2D eigenvalue weighted by Gasteiger charge is -2.15. The monoisotopic (exact) mass is 1180 g/mol. The van der Waals surface area contributed by atoms with Crippen LogP contribution in [0.4, 0.5) is 0 Å². The summed E-state index contributed by atoms with van der Waals surface area (Å²) in [7, 11) is 0. The summed E-state index contributed by atoms with van der Waals surface area (Å²) in [5.41, 5.74) is 0. The SMILES string of the molecule is CC/C=C\C/C=C\C/C=C\C/C=C\C/C=C\C/C=C\C/C=C\C/C=C\CCCCCCCCCCCCCCC(=O)OC(CO)COC(=O)CCCCCCCCCCCCCCCCCCCCCCCCCCCCCCCCCCCC. The van der Waals surface area contributed by atoms with E-state index < -0.39 is 6.10 Å². The zero-order valence-corrected chi connectivity index (χ0v) is 56.6. The number of hydrogen-bond acceptors (Lipinski definition) is 5. The average molecular weight is 1180 g/mol. The highest BCUT2D eigenvalue weighted by Crippen LogP contribution is 2.19. The maximum Gasteiger partial charge on any atom is 0.306 e. The van der Waals surface area contributed by atoms with Crippen LogP contribution in [0.2, 0.25) is 0 Å². The van der Waals surface area contributed by atoms with Gasteiger partial charge in [0.1, 0.15) is 6.61 Å². The van der Waals surface area contributed by atoms with E-state index in [0.29, 0.717) is 12.8 Å². The van der Waals surface area contributed by atoms with Crippen molar-refractivity contribution >= 4 is 11.9 Å². The van der Waals surface area contributed by atoms with Crippen molar-refractivity contribution in [2.45, 2.75) is 386 Å². The summed E-state index contributed by atoms with van der Waals surface area (Å²) >= 11 is 0. The second-order valence-corrected chi connectivity index (χ2v) is 25.0. The van der Waals surface area contributed by atoms with Crippen molar-refractivity contribution in [2.24, 2.45) is 0 Å². The molecule has 1 atom stereocenters. The van der Waals surface area contributed by atoms with Crippen molar-refractivity contribution in [3.8, 4) is 0 Å². The Kier molecular flexibility index (Phi) is 72.3. The van der Waals surface area contributed by atoms with Crippen LogP contribution in [0.15, 0.2) is 97.2 Å². The zero-order chi connectivity index (χ0) is 61.2. The van der Waals surface area contributed by atoms with Gasteiger partial charge in [0.25, 0.3) is 0 Å². The Balaban J connectivity index is 3.45. The molecule has 0 aliphatic heterocycles. The second-order valence-electron chi connectivity index (χ2n) is 25.0. The molecule has 0 saturated heterocycles. The summed E-state index contributed by atoms with van der Waals surface area (Å²) in [5.74, 6) is -0.578. The minimum atomic E-state index is -0.778. The molecule has 0 amide bonds. The standard InChI is InChI=1S/C80H142O5/c1-3-5-7-9-11-13-15-17-19-21-23-25-27-29-31-33-35-37-39-40-41-43-45-47-49-51-53-55-57-59-61-63-65-67-69-71-73-75-80(83)85-78(76-81)77-84-79(82)74-72-70-68-66-64-62-60-58-56-54-52-50-48-46-44-42-38-36-34-32-30-28-26-24-22-20-18-16-14-12-10-8-6-4-2/h5,7,11,13,17,19,23,25,29,31,35,37,40-41,45,47,78,81H,3-4,6,8-10,12,14-16,18,20-22,24,26-28,30,32-34,36,38-39,42-44,46,48-77H2,1-2H3/b7-5-,13-11-,19-17-,25-23-,31-29-,37-35-,41-40-,47-45-. The Morgan fingerprint density at radius 1 is 0.282 bits per heavy atom. The quantitative estimate of drug-likeness (QED) is 0.0373. The van der Waals surface area contributed by atoms with Crippen LogP contribution in [0.5, 0.6) is 0 Å². The summed E-state index contributed by atoms with van der Waals surface area (Å²) in [6.07, 6.45) is 107. The molecule has 0 aliphatic rings. The molecule has 1 unspecified atom stereocenters. The van der Waals surface area contributed by atoms with Gasteiger partial charge in [-0.15, -0.1) is 0 Å². The Bertz CT molecular complexity index is 1580. The summed E-state index contributed by atoms with van der Waals surface area (Å²) < 4.78 is 10.8. The van der Waals surface area contributed by atoms with Gasteiger partial charge < -0.3 is 14.6 Å². The van der Waals surface area contributed by atoms with Gasteiger partial charge in [-0.05, 0) is 77.0 Å². The maximum absolute atomic E-state index is 12.4. The van der Waals surface area contributed by atoms with E-state index in [2.05, 4.69) is 111 Å². The van der Waals surface area contributed by atoms with Gasteiger partial charge >= 0.3 is 11.9 Å². The van der Waals surface area contributed by atoms with E-state index in [1.807, 2.05) is 0 Å². The fourth-order valence-corrected chi connectivity index (χ4v) is 11.1. The maximum atomic E-state index is 12.4. The topological polar surface area (TPSA) is 72.8 Å². The predicted molar refractivity (Wildman–Crippen MR) is 376 cm³/mol. The van der Waals surface area contributed by atoms with Gasteiger partial charge in [-0.3, -0.25) is 9.59 Å². The van der Waals surface area contributed by atoms with Crippen molar-refractivity contribution in [2.75, 3.05) is 13.2 Å². The van der Waals surface area contributed by atoms with Crippen LogP contribution in [-0.2, 0) is 19.1 Å². The van der Waals surface area contributed by atoms with Gasteiger partial charge in [0.05, 0.1) is 6.61 Å². The molecular weight excluding hydrogens is 1040 g/mol. The Hall–Kier alpha value is -3.18. The summed E-state index contributed by atoms with van der Waals surface area (Å²) in [6, 6.07) is 0. The lowest BCUT2D eigenvalue weighted by atomic mass is 10.0. The van der Waals surface area contributed by atoms with E-state index in [1.54, 1.807) is 0 Å². The normalized spacial score (nSPS) is 12.7. The number of aliphatic hydroxyl groups excluding tert-OH is 1. The molecule has 0 heterocycles. The number of hydrogen-bond donors (Lipinski definition) is 1. The van der Waals surface area contributed by atoms with Crippen molar-refractivity contribution in [3.05, 3.63) is 97.2 Å². The molecule has 5 nitrogen and oxygen atoms in total. The van der Waals surface area contributed by atoms with Crippen LogP contribution in [0.25, 0.3) is 0 Å². The Labute approximate surface area is 529 Å². The van der Waals surface area contributed by atoms with E-state index in [-0.39, 0.29) is 25.2 Å². The number of carbonyl (C=O) groups is 2. The molecule has 0 bridgehead atoms. The van der Waals surface area contributed by atoms with E-state index in [4.69, 9.17) is 9.47 Å². The highest BCUT2D eigenvalue weighted by Gasteiger charge is 2.16. The number of allylic oxidation sites excluding steroid dienone is 16. The van der Waals surface area contributed by atoms with Gasteiger partial charge in [0.2, 0.25) is 0 Å². The molecule has 0 aromatic rings. The number of unbranched alkanes of at least 4 members (excludes halogenated alkanes) is 45.